The van der Waals surface area contributed by atoms with Gasteiger partial charge in [0.05, 0.1) is 21.4 Å². The molecule has 2 aliphatic rings. The second-order valence-corrected chi connectivity index (χ2v) is 7.90. The van der Waals surface area contributed by atoms with E-state index in [0.717, 1.165) is 12.5 Å². The van der Waals surface area contributed by atoms with Crippen LogP contribution in [0.2, 0.25) is 0 Å². The van der Waals surface area contributed by atoms with Gasteiger partial charge in [-0.05, 0) is 32.1 Å². The smallest absolute Gasteiger partial charge is 0.0745 e. The van der Waals surface area contributed by atoms with Crippen LogP contribution in [0.3, 0.4) is 0 Å². The van der Waals surface area contributed by atoms with Crippen LogP contribution in [0.4, 0.5) is 0 Å². The summed E-state index contributed by atoms with van der Waals surface area (Å²) < 4.78 is 6.14. The second-order valence-electron chi connectivity index (χ2n) is 4.74. The highest BCUT2D eigenvalue weighted by molar-refractivity contribution is 9.13. The van der Waals surface area contributed by atoms with Gasteiger partial charge >= 0.3 is 0 Å². The molecule has 1 aliphatic carbocycles. The van der Waals surface area contributed by atoms with E-state index in [1.54, 1.807) is 0 Å². The summed E-state index contributed by atoms with van der Waals surface area (Å²) in [6, 6.07) is 0. The van der Waals surface area contributed by atoms with Gasteiger partial charge in [-0.25, -0.2) is 0 Å². The molecule has 1 nitrogen and oxygen atoms in total. The monoisotopic (exact) mass is 310 g/mol. The summed E-state index contributed by atoms with van der Waals surface area (Å²) in [5.41, 5.74) is 0. The Kier molecular flexibility index (Phi) is 2.58. The topological polar surface area (TPSA) is 9.23 Å². The standard InChI is InChI=1S/C10H16Br2O/c1-7-3-4-10(12)8(5-7)13-6-9(10,2)11/h7-8H,3-6H2,1-2H3/t7?,8?,9-,10-/m0/s1. The first-order valence-corrected chi connectivity index (χ1v) is 6.54. The largest absolute Gasteiger partial charge is 0.375 e. The third-order valence-electron chi connectivity index (χ3n) is 3.55. The Hall–Kier alpha value is 0.920. The Morgan fingerprint density at radius 3 is 2.77 bits per heavy atom. The van der Waals surface area contributed by atoms with Crippen molar-refractivity contribution >= 4 is 31.9 Å². The average molecular weight is 312 g/mol. The normalized spacial score (nSPS) is 56.3. The van der Waals surface area contributed by atoms with Crippen molar-refractivity contribution < 1.29 is 4.74 Å². The van der Waals surface area contributed by atoms with Crippen molar-refractivity contribution in [2.45, 2.75) is 47.9 Å². The number of fused-ring (bicyclic) bond motifs is 1. The molecule has 3 heteroatoms. The van der Waals surface area contributed by atoms with Crippen LogP contribution in [0.1, 0.15) is 33.1 Å². The van der Waals surface area contributed by atoms with Crippen molar-refractivity contribution in [3.8, 4) is 0 Å². The molecule has 0 radical (unpaired) electrons. The van der Waals surface area contributed by atoms with Gasteiger partial charge in [0.2, 0.25) is 0 Å². The van der Waals surface area contributed by atoms with E-state index in [0.29, 0.717) is 6.10 Å². The van der Waals surface area contributed by atoms with Gasteiger partial charge in [0.15, 0.2) is 0 Å². The number of alkyl halides is 2. The van der Waals surface area contributed by atoms with Gasteiger partial charge in [-0.2, -0.15) is 0 Å². The van der Waals surface area contributed by atoms with E-state index in [1.807, 2.05) is 0 Å². The summed E-state index contributed by atoms with van der Waals surface area (Å²) in [4.78, 5) is 0. The van der Waals surface area contributed by atoms with Crippen LogP contribution >= 0.6 is 31.9 Å². The van der Waals surface area contributed by atoms with Gasteiger partial charge in [-0.15, -0.1) is 0 Å². The molecule has 0 bridgehead atoms. The lowest BCUT2D eigenvalue weighted by molar-refractivity contribution is 0.0610. The van der Waals surface area contributed by atoms with E-state index < -0.39 is 0 Å². The van der Waals surface area contributed by atoms with Gasteiger partial charge in [-0.1, -0.05) is 38.8 Å². The first-order valence-electron chi connectivity index (χ1n) is 4.95. The highest BCUT2D eigenvalue weighted by atomic mass is 79.9. The molecule has 0 aromatic heterocycles. The molecule has 1 saturated heterocycles. The summed E-state index contributed by atoms with van der Waals surface area (Å²) in [5.74, 6) is 0.817. The fourth-order valence-corrected chi connectivity index (χ4v) is 3.71. The lowest BCUT2D eigenvalue weighted by Crippen LogP contribution is -2.48. The average Bonchev–Trinajstić information content (AvgIpc) is 2.27. The Bertz CT molecular complexity index is 217. The zero-order chi connectivity index (χ0) is 9.69. The first kappa shape index (κ1) is 10.4. The van der Waals surface area contributed by atoms with Gasteiger partial charge < -0.3 is 4.74 Å². The quantitative estimate of drug-likeness (QED) is 0.622. The SMILES string of the molecule is CC1CC[C@]2(Br)C(C1)OC[C@]2(C)Br. The Morgan fingerprint density at radius 1 is 1.38 bits per heavy atom. The fraction of sp³-hybridized carbons (Fsp3) is 1.00. The van der Waals surface area contributed by atoms with E-state index in [4.69, 9.17) is 4.74 Å². The highest BCUT2D eigenvalue weighted by Gasteiger charge is 2.57. The minimum absolute atomic E-state index is 0.116. The zero-order valence-electron chi connectivity index (χ0n) is 8.15. The van der Waals surface area contributed by atoms with E-state index in [1.165, 1.54) is 19.3 Å². The Balaban J connectivity index is 2.22. The molecule has 4 atom stereocenters. The number of ether oxygens (including phenoxy) is 1. The maximum Gasteiger partial charge on any atom is 0.0745 e. The molecular formula is C10H16Br2O. The molecule has 0 aromatic rings. The minimum atomic E-state index is 0.116. The fourth-order valence-electron chi connectivity index (χ4n) is 2.46. The van der Waals surface area contributed by atoms with Crippen LogP contribution in [-0.2, 0) is 4.74 Å². The third kappa shape index (κ3) is 1.51. The van der Waals surface area contributed by atoms with E-state index in [-0.39, 0.29) is 8.65 Å². The van der Waals surface area contributed by atoms with Crippen molar-refractivity contribution in [2.24, 2.45) is 5.92 Å². The maximum absolute atomic E-state index is 5.85. The molecule has 0 spiro atoms. The lowest BCUT2D eigenvalue weighted by atomic mass is 9.76. The first-order chi connectivity index (χ1) is 5.96. The lowest BCUT2D eigenvalue weighted by Gasteiger charge is -2.41. The summed E-state index contributed by atoms with van der Waals surface area (Å²) in [7, 11) is 0. The zero-order valence-corrected chi connectivity index (χ0v) is 11.3. The second kappa shape index (κ2) is 3.21. The van der Waals surface area contributed by atoms with Crippen molar-refractivity contribution in [3.63, 3.8) is 0 Å². The van der Waals surface area contributed by atoms with Gasteiger partial charge in [-0.3, -0.25) is 0 Å². The molecule has 2 fully saturated rings. The van der Waals surface area contributed by atoms with Crippen molar-refractivity contribution in [1.82, 2.24) is 0 Å². The minimum Gasteiger partial charge on any atom is -0.375 e. The van der Waals surface area contributed by atoms with Gasteiger partial charge in [0.25, 0.3) is 0 Å². The molecule has 1 heterocycles. The molecular weight excluding hydrogens is 296 g/mol. The summed E-state index contributed by atoms with van der Waals surface area (Å²) >= 11 is 7.69. The molecule has 2 unspecified atom stereocenters. The molecule has 2 rings (SSSR count). The van der Waals surface area contributed by atoms with Crippen molar-refractivity contribution in [2.75, 3.05) is 6.61 Å². The number of hydrogen-bond donors (Lipinski definition) is 0. The van der Waals surface area contributed by atoms with Crippen LogP contribution in [0.5, 0.6) is 0 Å². The van der Waals surface area contributed by atoms with Crippen LogP contribution in [-0.4, -0.2) is 21.4 Å². The van der Waals surface area contributed by atoms with Gasteiger partial charge in [0, 0.05) is 0 Å². The van der Waals surface area contributed by atoms with Crippen LogP contribution in [0, 0.1) is 5.92 Å². The van der Waals surface area contributed by atoms with Gasteiger partial charge in [0.1, 0.15) is 0 Å². The van der Waals surface area contributed by atoms with Crippen molar-refractivity contribution in [3.05, 3.63) is 0 Å². The van der Waals surface area contributed by atoms with Crippen LogP contribution < -0.4 is 0 Å². The van der Waals surface area contributed by atoms with E-state index in [2.05, 4.69) is 45.7 Å². The molecule has 0 aromatic carbocycles. The molecule has 0 N–H and O–H groups in total. The number of halogens is 2. The molecule has 13 heavy (non-hydrogen) atoms. The molecule has 76 valence electrons. The van der Waals surface area contributed by atoms with Crippen LogP contribution in [0.25, 0.3) is 0 Å². The summed E-state index contributed by atoms with van der Waals surface area (Å²) in [6.07, 6.45) is 4.14. The van der Waals surface area contributed by atoms with Crippen LogP contribution in [0.15, 0.2) is 0 Å². The summed E-state index contributed by atoms with van der Waals surface area (Å²) in [6.45, 7) is 5.38. The molecule has 1 saturated carbocycles. The third-order valence-corrected chi connectivity index (χ3v) is 6.80. The highest BCUT2D eigenvalue weighted by Crippen LogP contribution is 2.54. The van der Waals surface area contributed by atoms with E-state index >= 15 is 0 Å². The van der Waals surface area contributed by atoms with E-state index in [9.17, 15) is 0 Å². The van der Waals surface area contributed by atoms with Crippen molar-refractivity contribution in [1.29, 1.82) is 0 Å². The number of rotatable bonds is 0. The predicted octanol–water partition coefficient (Wildman–Crippen LogP) is 3.49. The summed E-state index contributed by atoms with van der Waals surface area (Å²) in [5, 5.41) is 0. The Morgan fingerprint density at radius 2 is 2.08 bits per heavy atom. The maximum atomic E-state index is 5.85. The molecule has 1 aliphatic heterocycles. The Labute approximate surface area is 96.9 Å². The predicted molar refractivity (Wildman–Crippen MR) is 61.7 cm³/mol. The number of hydrogen-bond acceptors (Lipinski definition) is 1. The molecule has 0 amide bonds.